The first-order valence-electron chi connectivity index (χ1n) is 16.2. The van der Waals surface area contributed by atoms with E-state index >= 15 is 0 Å². The van der Waals surface area contributed by atoms with Crippen LogP contribution in [0.1, 0.15) is 48.5 Å². The van der Waals surface area contributed by atoms with Gasteiger partial charge < -0.3 is 83.1 Å². The van der Waals surface area contributed by atoms with Crippen LogP contribution in [-0.2, 0) is 61.8 Å². The predicted octanol–water partition coefficient (Wildman–Crippen LogP) is -3.93. The number of carbonyl (C=O) groups excluding carboxylic acids is 3. The maximum atomic E-state index is 12.4. The maximum Gasteiger partial charge on any atom is 0.303 e. The fourth-order valence-electron chi connectivity index (χ4n) is 6.28. The minimum absolute atomic E-state index is 0.792. The van der Waals surface area contributed by atoms with Gasteiger partial charge in [0.05, 0.1) is 24.4 Å². The van der Waals surface area contributed by atoms with E-state index in [1.807, 2.05) is 0 Å². The van der Waals surface area contributed by atoms with Gasteiger partial charge in [0.15, 0.2) is 43.5 Å². The molecule has 20 nitrogen and oxygen atoms in total. The fourth-order valence-corrected chi connectivity index (χ4v) is 6.28. The highest BCUT2D eigenvalue weighted by Crippen LogP contribution is 2.36. The van der Waals surface area contributed by atoms with Crippen molar-refractivity contribution in [3.05, 3.63) is 0 Å². The molecule has 0 radical (unpaired) electrons. The molecule has 1 unspecified atom stereocenters. The highest BCUT2D eigenvalue weighted by Gasteiger charge is 2.57. The molecule has 20 atom stereocenters. The van der Waals surface area contributed by atoms with Crippen LogP contribution in [0.5, 0.6) is 0 Å². The average molecular weight is 729 g/mol. The largest absolute Gasteiger partial charge is 0.457 e. The first-order chi connectivity index (χ1) is 23.3. The Morgan fingerprint density at radius 1 is 0.400 bits per heavy atom. The third-order valence-corrected chi connectivity index (χ3v) is 8.87. The standard InChI is InChI=1S/C30H48O20/c1-8-15(34)17(36)18(37)28(42-8)49-24-20(39)29(43-10(3)21(24)45-12(5)31)50-25-22(46-13(6)32)11(4)44-30(26(25)47-14(7)33)48-23-16(35)9(2)41-27(40)19(23)38/h8-11,15-30,34-40H,1-7H3/t8-,9-,10-,11-,15-,16-,17+,18+,19+,20+,21-,22-,23+,24-,25+,26+,27?,28-,29-,30-/m0/s1. The number of rotatable bonds is 9. The Morgan fingerprint density at radius 2 is 0.820 bits per heavy atom. The van der Waals surface area contributed by atoms with E-state index in [1.165, 1.54) is 27.7 Å². The quantitative estimate of drug-likeness (QED) is 0.0881. The van der Waals surface area contributed by atoms with Gasteiger partial charge in [0, 0.05) is 20.8 Å². The van der Waals surface area contributed by atoms with E-state index in [1.54, 1.807) is 0 Å². The molecule has 4 fully saturated rings. The van der Waals surface area contributed by atoms with Gasteiger partial charge in [0.25, 0.3) is 0 Å². The second kappa shape index (κ2) is 16.7. The number of ether oxygens (including phenoxy) is 10. The van der Waals surface area contributed by atoms with Crippen LogP contribution in [0.3, 0.4) is 0 Å². The Morgan fingerprint density at radius 3 is 1.38 bits per heavy atom. The minimum Gasteiger partial charge on any atom is -0.457 e. The van der Waals surface area contributed by atoms with Crippen molar-refractivity contribution in [2.24, 2.45) is 0 Å². The maximum absolute atomic E-state index is 12.4. The zero-order valence-corrected chi connectivity index (χ0v) is 28.5. The molecule has 4 heterocycles. The summed E-state index contributed by atoms with van der Waals surface area (Å²) in [6, 6.07) is 0. The summed E-state index contributed by atoms with van der Waals surface area (Å²) in [5, 5.41) is 74.1. The molecular formula is C30H48O20. The van der Waals surface area contributed by atoms with E-state index in [0.717, 1.165) is 20.8 Å². The summed E-state index contributed by atoms with van der Waals surface area (Å²) in [5.74, 6) is -2.49. The van der Waals surface area contributed by atoms with Crippen molar-refractivity contribution in [1.82, 2.24) is 0 Å². The molecule has 0 amide bonds. The molecule has 0 aromatic carbocycles. The Balaban J connectivity index is 1.68. The second-order valence-electron chi connectivity index (χ2n) is 12.8. The van der Waals surface area contributed by atoms with E-state index in [2.05, 4.69) is 0 Å². The molecule has 50 heavy (non-hydrogen) atoms. The predicted molar refractivity (Wildman–Crippen MR) is 157 cm³/mol. The summed E-state index contributed by atoms with van der Waals surface area (Å²) < 4.78 is 56.7. The summed E-state index contributed by atoms with van der Waals surface area (Å²) >= 11 is 0. The van der Waals surface area contributed by atoms with Crippen LogP contribution >= 0.6 is 0 Å². The van der Waals surface area contributed by atoms with Crippen LogP contribution in [0.15, 0.2) is 0 Å². The Kier molecular flexibility index (Phi) is 13.5. The van der Waals surface area contributed by atoms with Crippen molar-refractivity contribution < 1.29 is 97.5 Å². The zero-order chi connectivity index (χ0) is 37.4. The molecule has 0 aromatic rings. The summed E-state index contributed by atoms with van der Waals surface area (Å²) in [7, 11) is 0. The van der Waals surface area contributed by atoms with Gasteiger partial charge in [0.1, 0.15) is 54.9 Å². The monoisotopic (exact) mass is 728 g/mol. The lowest BCUT2D eigenvalue weighted by atomic mass is 9.95. The normalized spacial score (nSPS) is 48.4. The van der Waals surface area contributed by atoms with Gasteiger partial charge in [-0.15, -0.1) is 0 Å². The summed E-state index contributed by atoms with van der Waals surface area (Å²) in [5.41, 5.74) is 0. The molecule has 0 saturated carbocycles. The summed E-state index contributed by atoms with van der Waals surface area (Å²) in [6.45, 7) is 8.94. The molecule has 0 aromatic heterocycles. The average Bonchev–Trinajstić information content (AvgIpc) is 3.02. The smallest absolute Gasteiger partial charge is 0.303 e. The summed E-state index contributed by atoms with van der Waals surface area (Å²) in [6.07, 6.45) is -30.3. The van der Waals surface area contributed by atoms with Crippen LogP contribution in [0.2, 0.25) is 0 Å². The number of aliphatic hydroxyl groups excluding tert-OH is 7. The van der Waals surface area contributed by atoms with Gasteiger partial charge in [-0.05, 0) is 27.7 Å². The van der Waals surface area contributed by atoms with Crippen molar-refractivity contribution in [1.29, 1.82) is 0 Å². The molecule has 4 rings (SSSR count). The van der Waals surface area contributed by atoms with Crippen molar-refractivity contribution in [2.75, 3.05) is 0 Å². The molecule has 0 spiro atoms. The van der Waals surface area contributed by atoms with Gasteiger partial charge in [-0.3, -0.25) is 14.4 Å². The summed E-state index contributed by atoms with van der Waals surface area (Å²) in [4.78, 5) is 36.7. The molecule has 20 heteroatoms. The third-order valence-electron chi connectivity index (χ3n) is 8.87. The zero-order valence-electron chi connectivity index (χ0n) is 28.5. The van der Waals surface area contributed by atoms with E-state index < -0.39 is 141 Å². The van der Waals surface area contributed by atoms with Gasteiger partial charge in [0.2, 0.25) is 0 Å². The Hall–Kier alpha value is -2.15. The molecule has 4 aliphatic heterocycles. The van der Waals surface area contributed by atoms with E-state index in [0.29, 0.717) is 0 Å². The van der Waals surface area contributed by atoms with Crippen LogP contribution < -0.4 is 0 Å². The lowest BCUT2D eigenvalue weighted by molar-refractivity contribution is -0.384. The molecule has 288 valence electrons. The van der Waals surface area contributed by atoms with Crippen molar-refractivity contribution in [3.63, 3.8) is 0 Å². The SMILES string of the molecule is CC(=O)O[C@@H]1[C@@H](O[C@@H]2O[C@@H](C)[C@H](OC(C)=O)[C@@H](O[C@@H]3O[C@@H](C)[C@H](O)[C@@H](O)[C@H]3O)[C@H]2O)[C@@H](OC(C)=O)[C@H](O[C@@H]2[C@@H](O)[C@H](C)OC(O)[C@@H]2O)O[C@H]1C. The van der Waals surface area contributed by atoms with Crippen molar-refractivity contribution in [2.45, 2.75) is 171 Å². The first kappa shape index (κ1) is 40.6. The van der Waals surface area contributed by atoms with E-state index in [9.17, 15) is 50.1 Å². The van der Waals surface area contributed by atoms with Gasteiger partial charge in [-0.1, -0.05) is 0 Å². The number of hydrogen-bond donors (Lipinski definition) is 7. The number of aliphatic hydroxyl groups is 7. The van der Waals surface area contributed by atoms with Gasteiger partial charge in [-0.2, -0.15) is 0 Å². The van der Waals surface area contributed by atoms with Crippen LogP contribution in [0.25, 0.3) is 0 Å². The van der Waals surface area contributed by atoms with Gasteiger partial charge >= 0.3 is 17.9 Å². The molecule has 7 N–H and O–H groups in total. The molecular weight excluding hydrogens is 680 g/mol. The molecule has 4 saturated heterocycles. The second-order valence-corrected chi connectivity index (χ2v) is 12.8. The Bertz CT molecular complexity index is 1160. The lowest BCUT2D eigenvalue weighted by Gasteiger charge is -2.50. The topological polar surface area (TPSA) is 285 Å². The first-order valence-corrected chi connectivity index (χ1v) is 16.2. The Labute approximate surface area is 286 Å². The lowest BCUT2D eigenvalue weighted by Crippen LogP contribution is -2.67. The highest BCUT2D eigenvalue weighted by molar-refractivity contribution is 5.67. The number of hydrogen-bond acceptors (Lipinski definition) is 20. The third kappa shape index (κ3) is 8.89. The van der Waals surface area contributed by atoms with E-state index in [-0.39, 0.29) is 0 Å². The van der Waals surface area contributed by atoms with Gasteiger partial charge in [-0.25, -0.2) is 0 Å². The van der Waals surface area contributed by atoms with Crippen LogP contribution in [0.4, 0.5) is 0 Å². The fraction of sp³-hybridized carbons (Fsp3) is 0.900. The van der Waals surface area contributed by atoms with Crippen molar-refractivity contribution in [3.8, 4) is 0 Å². The van der Waals surface area contributed by atoms with Crippen molar-refractivity contribution >= 4 is 17.9 Å². The van der Waals surface area contributed by atoms with E-state index in [4.69, 9.17) is 47.4 Å². The minimum atomic E-state index is -1.89. The molecule has 0 bridgehead atoms. The highest BCUT2D eigenvalue weighted by atomic mass is 16.8. The van der Waals surface area contributed by atoms with Crippen LogP contribution in [-0.4, -0.2) is 176 Å². The molecule has 0 aliphatic carbocycles. The molecule has 4 aliphatic rings. The number of esters is 3. The number of carbonyl (C=O) groups is 3. The van der Waals surface area contributed by atoms with Crippen LogP contribution in [0, 0.1) is 0 Å².